The van der Waals surface area contributed by atoms with Crippen molar-refractivity contribution in [3.8, 4) is 28.7 Å². The number of unbranched alkanes of at least 4 members (excludes halogenated alkanes) is 2. The van der Waals surface area contributed by atoms with E-state index in [-0.39, 0.29) is 104 Å². The number of carboxylic acids is 1. The van der Waals surface area contributed by atoms with Crippen molar-refractivity contribution in [1.82, 2.24) is 9.80 Å². The number of carbonyl (C=O) groups excluding carboxylic acids is 4. The summed E-state index contributed by atoms with van der Waals surface area (Å²) in [6.45, 7) is 9.08. The van der Waals surface area contributed by atoms with E-state index in [1.165, 1.54) is 49.5 Å². The van der Waals surface area contributed by atoms with Crippen molar-refractivity contribution in [3.63, 3.8) is 0 Å². The first-order chi connectivity index (χ1) is 37.0. The number of amides is 3. The van der Waals surface area contributed by atoms with Gasteiger partial charge in [0.1, 0.15) is 30.7 Å². The highest BCUT2D eigenvalue weighted by atomic mass is 16.7. The van der Waals surface area contributed by atoms with E-state index in [1.54, 1.807) is 23.2 Å². The Balaban J connectivity index is 0.955. The number of anilines is 1. The predicted molar refractivity (Wildman–Crippen MR) is 271 cm³/mol. The number of aliphatic hydroxyl groups excluding tert-OH is 4. The lowest BCUT2D eigenvalue weighted by molar-refractivity contribution is -0.271. The molecule has 8 atom stereocenters. The molecule has 24 heteroatoms. The third-order valence-electron chi connectivity index (χ3n) is 13.7. The molecule has 77 heavy (non-hydrogen) atoms. The van der Waals surface area contributed by atoms with Gasteiger partial charge in [0.05, 0.1) is 80.8 Å². The standard InChI is InChI=1S/C53H63N5O19/c1-28-17-31-24-55-35-22-42(40(69-3)20-32(35)48(63)56(31)25-28)72-13-6-5-7-14-73-43-23-36-33(21-41(43)70-4)49(64)57-26-29(2)18-37(57)50(65)58(36)53(68)74-27-30-10-11-39(34(19-30)38(59)9-8-12-71-15-16-75-54)76-52-46(62)44(60)45(61)47(77-52)51(66)67/h10-11,19-24,31,37,44-47,50,52,60-62,65H,1-2,5-9,12-18,25-27,54H2,3-4H3,(H,66,67)/t31-,37-,44-,45-,46+,47-,50?,52+/m0/s1. The van der Waals surface area contributed by atoms with Crippen LogP contribution in [0.3, 0.4) is 0 Å². The number of fused-ring (bicyclic) bond motifs is 4. The number of methoxy groups -OCH3 is 2. The Morgan fingerprint density at radius 2 is 1.43 bits per heavy atom. The minimum Gasteiger partial charge on any atom is -0.493 e. The lowest BCUT2D eigenvalue weighted by Crippen LogP contribution is -2.61. The zero-order valence-electron chi connectivity index (χ0n) is 42.6. The summed E-state index contributed by atoms with van der Waals surface area (Å²) in [5.41, 5.74) is 2.65. The minimum absolute atomic E-state index is 0.0120. The van der Waals surface area contributed by atoms with Crippen LogP contribution in [0.1, 0.15) is 81.6 Å². The molecule has 3 aromatic carbocycles. The fourth-order valence-electron chi connectivity index (χ4n) is 9.69. The maximum Gasteiger partial charge on any atom is 0.416 e. The van der Waals surface area contributed by atoms with Crippen LogP contribution >= 0.6 is 0 Å². The van der Waals surface area contributed by atoms with E-state index in [2.05, 4.69) is 23.0 Å². The number of carboxylic acid groups (broad SMARTS) is 1. The van der Waals surface area contributed by atoms with Gasteiger partial charge in [0.2, 0.25) is 6.29 Å². The van der Waals surface area contributed by atoms with Crippen molar-refractivity contribution < 1.29 is 92.2 Å². The van der Waals surface area contributed by atoms with E-state index in [0.29, 0.717) is 67.2 Å². The van der Waals surface area contributed by atoms with Gasteiger partial charge in [-0.05, 0) is 68.4 Å². The molecule has 414 valence electrons. The summed E-state index contributed by atoms with van der Waals surface area (Å²) in [6.07, 6.45) is -7.90. The van der Waals surface area contributed by atoms with Gasteiger partial charge in [0.25, 0.3) is 11.8 Å². The smallest absolute Gasteiger partial charge is 0.416 e. The number of ketones is 1. The van der Waals surface area contributed by atoms with E-state index in [4.69, 9.17) is 43.8 Å². The minimum atomic E-state index is -1.99. The molecule has 0 saturated carbocycles. The molecule has 0 aromatic heterocycles. The van der Waals surface area contributed by atoms with Crippen LogP contribution in [0.5, 0.6) is 28.7 Å². The van der Waals surface area contributed by atoms with Crippen LogP contribution in [-0.4, -0.2) is 181 Å². The van der Waals surface area contributed by atoms with Crippen LogP contribution in [0.15, 0.2) is 71.8 Å². The largest absolute Gasteiger partial charge is 0.493 e. The number of aliphatic imine (C=N–C) groups is 1. The molecule has 0 aliphatic carbocycles. The second kappa shape index (κ2) is 24.9. The summed E-state index contributed by atoms with van der Waals surface area (Å²) in [5, 5.41) is 52.8. The molecule has 5 aliphatic rings. The number of hydrogen-bond acceptors (Lipinski definition) is 20. The van der Waals surface area contributed by atoms with Gasteiger partial charge in [-0.3, -0.25) is 19.4 Å². The number of aliphatic hydroxyl groups is 4. The van der Waals surface area contributed by atoms with E-state index in [0.717, 1.165) is 10.5 Å². The Bertz CT molecular complexity index is 2770. The second-order valence-electron chi connectivity index (χ2n) is 19.0. The van der Waals surface area contributed by atoms with Crippen molar-refractivity contribution in [2.75, 3.05) is 65.2 Å². The Hall–Kier alpha value is -7.16. The number of benzene rings is 3. The molecule has 8 rings (SSSR count). The van der Waals surface area contributed by atoms with Gasteiger partial charge in [-0.2, -0.15) is 0 Å². The average Bonchev–Trinajstić information content (AvgIpc) is 3.99. The molecule has 5 aliphatic heterocycles. The first-order valence-corrected chi connectivity index (χ1v) is 25.0. The third kappa shape index (κ3) is 12.3. The molecule has 3 amide bonds. The van der Waals surface area contributed by atoms with Crippen molar-refractivity contribution in [2.24, 2.45) is 10.9 Å². The number of Topliss-reactive ketones (excluding diaryl/α,β-unsaturated/α-hetero) is 1. The summed E-state index contributed by atoms with van der Waals surface area (Å²) in [6, 6.07) is 9.20. The SMILES string of the molecule is C=C1C[C@H]2C=Nc3cc(OCCCCCOc4cc5c(cc4OC)C(=O)N4CC(=C)C[C@H]4C(O)N5C(=O)OCc4ccc(O[C@@H]5O[C@H](C(=O)O)[C@@H](O)[C@H](O)[C@H]5O)c(C(=O)CCCOCCON)c4)c(OC)cc3C(=O)N2C1. The van der Waals surface area contributed by atoms with E-state index < -0.39 is 73.3 Å². The van der Waals surface area contributed by atoms with Crippen molar-refractivity contribution >= 4 is 47.2 Å². The molecule has 0 spiro atoms. The lowest BCUT2D eigenvalue weighted by atomic mass is 9.98. The van der Waals surface area contributed by atoms with Gasteiger partial charge in [-0.15, -0.1) is 0 Å². The number of carbonyl (C=O) groups is 5. The molecule has 0 bridgehead atoms. The monoisotopic (exact) mass is 1070 g/mol. The summed E-state index contributed by atoms with van der Waals surface area (Å²) in [5.74, 6) is 3.24. The molecule has 5 heterocycles. The molecule has 3 saturated heterocycles. The van der Waals surface area contributed by atoms with Crippen molar-refractivity contribution in [1.29, 1.82) is 0 Å². The Labute approximate surface area is 442 Å². The van der Waals surface area contributed by atoms with E-state index >= 15 is 0 Å². The Kier molecular flexibility index (Phi) is 18.1. The average molecular weight is 1070 g/mol. The van der Waals surface area contributed by atoms with Gasteiger partial charge < -0.3 is 78.1 Å². The van der Waals surface area contributed by atoms with Crippen LogP contribution in [0.2, 0.25) is 0 Å². The summed E-state index contributed by atoms with van der Waals surface area (Å²) < 4.78 is 45.9. The Morgan fingerprint density at radius 1 is 0.753 bits per heavy atom. The zero-order valence-corrected chi connectivity index (χ0v) is 42.6. The molecule has 3 fully saturated rings. The second-order valence-corrected chi connectivity index (χ2v) is 19.0. The van der Waals surface area contributed by atoms with Gasteiger partial charge >= 0.3 is 12.1 Å². The van der Waals surface area contributed by atoms with Gasteiger partial charge in [-0.25, -0.2) is 20.4 Å². The number of ether oxygens (including phenoxy) is 8. The van der Waals surface area contributed by atoms with Crippen LogP contribution < -0.4 is 34.5 Å². The summed E-state index contributed by atoms with van der Waals surface area (Å²) in [4.78, 5) is 80.8. The zero-order chi connectivity index (χ0) is 55.1. The highest BCUT2D eigenvalue weighted by Crippen LogP contribution is 2.43. The maximum atomic E-state index is 14.4. The molecule has 7 N–H and O–H groups in total. The normalized spacial score (nSPS) is 23.6. The fourth-order valence-corrected chi connectivity index (χ4v) is 9.69. The van der Waals surface area contributed by atoms with E-state index in [9.17, 15) is 49.5 Å². The number of rotatable bonds is 23. The Morgan fingerprint density at radius 3 is 2.13 bits per heavy atom. The van der Waals surface area contributed by atoms with Crippen LogP contribution in [-0.2, 0) is 30.4 Å². The summed E-state index contributed by atoms with van der Waals surface area (Å²) >= 11 is 0. The number of nitrogens with zero attached hydrogens (tertiary/aromatic N) is 4. The molecule has 24 nitrogen and oxygen atoms in total. The van der Waals surface area contributed by atoms with Gasteiger partial charge in [0.15, 0.2) is 41.1 Å². The molecular weight excluding hydrogens is 1010 g/mol. The lowest BCUT2D eigenvalue weighted by Gasteiger charge is -2.38. The highest BCUT2D eigenvalue weighted by Gasteiger charge is 2.49. The summed E-state index contributed by atoms with van der Waals surface area (Å²) in [7, 11) is 2.90. The van der Waals surface area contributed by atoms with Crippen LogP contribution in [0.25, 0.3) is 0 Å². The molecule has 3 aromatic rings. The maximum absolute atomic E-state index is 14.4. The highest BCUT2D eigenvalue weighted by molar-refractivity contribution is 6.06. The number of aliphatic carboxylic acids is 1. The topological polar surface area (TPSA) is 318 Å². The molecule has 1 unspecified atom stereocenters. The van der Waals surface area contributed by atoms with Gasteiger partial charge in [-0.1, -0.05) is 30.4 Å². The van der Waals surface area contributed by atoms with Crippen LogP contribution in [0.4, 0.5) is 16.2 Å². The molecular formula is C53H63N5O19. The fraction of sp³-hybridized carbons (Fsp3) is 0.472. The van der Waals surface area contributed by atoms with Crippen molar-refractivity contribution in [2.45, 2.75) is 101 Å². The first kappa shape index (κ1) is 56.1. The first-order valence-electron chi connectivity index (χ1n) is 25.0. The number of nitrogens with two attached hydrogens (primary N) is 1. The van der Waals surface area contributed by atoms with Crippen molar-refractivity contribution in [3.05, 3.63) is 89.0 Å². The third-order valence-corrected chi connectivity index (χ3v) is 13.7. The quantitative estimate of drug-likeness (QED) is 0.0344. The van der Waals surface area contributed by atoms with Gasteiger partial charge in [0, 0.05) is 44.5 Å². The van der Waals surface area contributed by atoms with Crippen LogP contribution in [0, 0.1) is 0 Å². The predicted octanol–water partition coefficient (Wildman–Crippen LogP) is 3.21. The van der Waals surface area contributed by atoms with E-state index in [1.807, 2.05) is 0 Å². The number of hydrogen-bond donors (Lipinski definition) is 6. The molecule has 0 radical (unpaired) electrons.